The van der Waals surface area contributed by atoms with Crippen molar-refractivity contribution in [2.75, 3.05) is 25.9 Å². The number of nitrogens with two attached hydrogens (primary N) is 1. The van der Waals surface area contributed by atoms with E-state index in [1.54, 1.807) is 0 Å². The minimum atomic E-state index is -3.86. The lowest BCUT2D eigenvalue weighted by Crippen LogP contribution is -2.31. The number of nitrogen functional groups attached to an aromatic ring is 1. The Bertz CT molecular complexity index is 629. The Morgan fingerprint density at radius 1 is 1.50 bits per heavy atom. The van der Waals surface area contributed by atoms with Crippen molar-refractivity contribution in [1.82, 2.24) is 4.31 Å². The van der Waals surface area contributed by atoms with E-state index < -0.39 is 22.1 Å². The maximum Gasteiger partial charge on any atom is 0.339 e. The van der Waals surface area contributed by atoms with Crippen LogP contribution >= 0.6 is 0 Å². The zero-order valence-electron chi connectivity index (χ0n) is 10.9. The van der Waals surface area contributed by atoms with Crippen molar-refractivity contribution in [3.63, 3.8) is 0 Å². The van der Waals surface area contributed by atoms with Crippen molar-refractivity contribution < 1.29 is 23.1 Å². The van der Waals surface area contributed by atoms with E-state index in [-0.39, 0.29) is 29.2 Å². The van der Waals surface area contributed by atoms with Crippen molar-refractivity contribution in [2.45, 2.75) is 17.4 Å². The van der Waals surface area contributed by atoms with Crippen molar-refractivity contribution in [3.8, 4) is 0 Å². The third kappa shape index (κ3) is 2.62. The second-order valence-corrected chi connectivity index (χ2v) is 6.46. The lowest BCUT2D eigenvalue weighted by molar-refractivity contribution is 0.0596. The molecule has 0 spiro atoms. The molecule has 1 fully saturated rings. The van der Waals surface area contributed by atoms with Crippen LogP contribution < -0.4 is 5.73 Å². The molecule has 110 valence electrons. The van der Waals surface area contributed by atoms with Gasteiger partial charge in [0, 0.05) is 18.8 Å². The Balaban J connectivity index is 2.49. The molecule has 1 aliphatic heterocycles. The molecule has 8 heteroatoms. The number of hydrogen-bond acceptors (Lipinski definition) is 6. The summed E-state index contributed by atoms with van der Waals surface area (Å²) in [6, 6.07) is 3.96. The average Bonchev–Trinajstić information content (AvgIpc) is 2.84. The SMILES string of the molecule is COC(=O)c1cc(N)ccc1S(=O)(=O)N1CC[C@@H](O)C1. The van der Waals surface area contributed by atoms with Crippen LogP contribution in [0.2, 0.25) is 0 Å². The Labute approximate surface area is 117 Å². The van der Waals surface area contributed by atoms with E-state index in [4.69, 9.17) is 5.73 Å². The van der Waals surface area contributed by atoms with Gasteiger partial charge < -0.3 is 15.6 Å². The minimum Gasteiger partial charge on any atom is -0.465 e. The normalized spacial score (nSPS) is 20.0. The number of benzene rings is 1. The zero-order valence-corrected chi connectivity index (χ0v) is 11.8. The first-order valence-electron chi connectivity index (χ1n) is 6.02. The van der Waals surface area contributed by atoms with E-state index in [1.807, 2.05) is 0 Å². The molecule has 0 unspecified atom stereocenters. The summed E-state index contributed by atoms with van der Waals surface area (Å²) in [7, 11) is -2.69. The number of carbonyl (C=O) groups excluding carboxylic acids is 1. The summed E-state index contributed by atoms with van der Waals surface area (Å²) in [5.41, 5.74) is 5.75. The fourth-order valence-corrected chi connectivity index (χ4v) is 3.76. The number of aliphatic hydroxyl groups excluding tert-OH is 1. The van der Waals surface area contributed by atoms with E-state index in [1.165, 1.54) is 25.3 Å². The predicted molar refractivity (Wildman–Crippen MR) is 71.6 cm³/mol. The molecule has 1 heterocycles. The first kappa shape index (κ1) is 14.8. The highest BCUT2D eigenvalue weighted by molar-refractivity contribution is 7.89. The topological polar surface area (TPSA) is 110 Å². The molecule has 1 aromatic rings. The molecule has 2 rings (SSSR count). The zero-order chi connectivity index (χ0) is 14.9. The number of hydrogen-bond donors (Lipinski definition) is 2. The first-order valence-corrected chi connectivity index (χ1v) is 7.46. The maximum absolute atomic E-state index is 12.5. The highest BCUT2D eigenvalue weighted by Crippen LogP contribution is 2.26. The number of sulfonamides is 1. The summed E-state index contributed by atoms with van der Waals surface area (Å²) in [6.45, 7) is 0.238. The lowest BCUT2D eigenvalue weighted by atomic mass is 10.2. The van der Waals surface area contributed by atoms with Gasteiger partial charge in [0.1, 0.15) is 0 Å². The monoisotopic (exact) mass is 300 g/mol. The van der Waals surface area contributed by atoms with Gasteiger partial charge in [-0.2, -0.15) is 4.31 Å². The van der Waals surface area contributed by atoms with Gasteiger partial charge in [-0.15, -0.1) is 0 Å². The minimum absolute atomic E-state index is 0.0212. The molecule has 1 atom stereocenters. The van der Waals surface area contributed by atoms with Crippen molar-refractivity contribution in [2.24, 2.45) is 0 Å². The van der Waals surface area contributed by atoms with Gasteiger partial charge in [0.05, 0.1) is 23.7 Å². The number of methoxy groups -OCH3 is 1. The molecule has 0 radical (unpaired) electrons. The molecule has 1 saturated heterocycles. The summed E-state index contributed by atoms with van der Waals surface area (Å²) in [5.74, 6) is -0.768. The summed E-state index contributed by atoms with van der Waals surface area (Å²) in [5, 5.41) is 9.46. The van der Waals surface area contributed by atoms with Gasteiger partial charge in [-0.05, 0) is 24.6 Å². The quantitative estimate of drug-likeness (QED) is 0.591. The van der Waals surface area contributed by atoms with Crippen molar-refractivity contribution >= 4 is 21.7 Å². The van der Waals surface area contributed by atoms with E-state index in [0.29, 0.717) is 6.42 Å². The average molecular weight is 300 g/mol. The standard InChI is InChI=1S/C12H16N2O5S/c1-19-12(16)10-6-8(13)2-3-11(10)20(17,18)14-5-4-9(15)7-14/h2-3,6,9,15H,4-5,7,13H2,1H3/t9-/m1/s1. The van der Waals surface area contributed by atoms with Gasteiger partial charge in [0.2, 0.25) is 10.0 Å². The molecular weight excluding hydrogens is 284 g/mol. The largest absolute Gasteiger partial charge is 0.465 e. The second-order valence-electron chi connectivity index (χ2n) is 4.55. The predicted octanol–water partition coefficient (Wildman–Crippen LogP) is -0.189. The molecule has 0 bridgehead atoms. The number of aliphatic hydroxyl groups is 1. The van der Waals surface area contributed by atoms with Crippen LogP contribution in [-0.4, -0.2) is 50.1 Å². The van der Waals surface area contributed by atoms with E-state index in [2.05, 4.69) is 4.74 Å². The molecule has 0 amide bonds. The molecule has 1 aromatic carbocycles. The number of rotatable bonds is 3. The van der Waals surface area contributed by atoms with Gasteiger partial charge in [-0.1, -0.05) is 0 Å². The third-order valence-corrected chi connectivity index (χ3v) is 5.08. The Morgan fingerprint density at radius 3 is 2.75 bits per heavy atom. The maximum atomic E-state index is 12.5. The van der Waals surface area contributed by atoms with E-state index in [0.717, 1.165) is 4.31 Å². The number of β-amino-alcohol motifs (C(OH)–C–C–N with tert-alkyl or cyclic N) is 1. The summed E-state index contributed by atoms with van der Waals surface area (Å²) < 4.78 is 30.7. The molecular formula is C12H16N2O5S. The van der Waals surface area contributed by atoms with E-state index in [9.17, 15) is 18.3 Å². The van der Waals surface area contributed by atoms with E-state index >= 15 is 0 Å². The Morgan fingerprint density at radius 2 is 2.20 bits per heavy atom. The number of ether oxygens (including phenoxy) is 1. The van der Waals surface area contributed by atoms with Crippen molar-refractivity contribution in [3.05, 3.63) is 23.8 Å². The molecule has 7 nitrogen and oxygen atoms in total. The fourth-order valence-electron chi connectivity index (χ4n) is 2.11. The molecule has 0 saturated carbocycles. The van der Waals surface area contributed by atoms with Gasteiger partial charge in [0.25, 0.3) is 0 Å². The summed E-state index contributed by atoms with van der Waals surface area (Å²) in [6.07, 6.45) is -0.304. The molecule has 20 heavy (non-hydrogen) atoms. The number of anilines is 1. The third-order valence-electron chi connectivity index (χ3n) is 3.15. The van der Waals surface area contributed by atoms with Crippen LogP contribution in [0.25, 0.3) is 0 Å². The lowest BCUT2D eigenvalue weighted by Gasteiger charge is -2.17. The highest BCUT2D eigenvalue weighted by Gasteiger charge is 2.34. The first-order chi connectivity index (χ1) is 9.36. The van der Waals surface area contributed by atoms with Gasteiger partial charge in [0.15, 0.2) is 0 Å². The van der Waals surface area contributed by atoms with Crippen LogP contribution in [0, 0.1) is 0 Å². The summed E-state index contributed by atoms with van der Waals surface area (Å²) in [4.78, 5) is 11.5. The van der Waals surface area contributed by atoms with Crippen LogP contribution in [-0.2, 0) is 14.8 Å². The van der Waals surface area contributed by atoms with Crippen LogP contribution in [0.4, 0.5) is 5.69 Å². The van der Waals surface area contributed by atoms with Gasteiger partial charge in [-0.25, -0.2) is 13.2 Å². The van der Waals surface area contributed by atoms with Gasteiger partial charge >= 0.3 is 5.97 Å². The Kier molecular flexibility index (Phi) is 3.98. The number of nitrogens with zero attached hydrogens (tertiary/aromatic N) is 1. The number of esters is 1. The van der Waals surface area contributed by atoms with Crippen molar-refractivity contribution in [1.29, 1.82) is 0 Å². The molecule has 0 aliphatic carbocycles. The van der Waals surface area contributed by atoms with Crippen LogP contribution in [0.1, 0.15) is 16.8 Å². The van der Waals surface area contributed by atoms with Gasteiger partial charge in [-0.3, -0.25) is 0 Å². The second kappa shape index (κ2) is 5.39. The molecule has 1 aliphatic rings. The highest BCUT2D eigenvalue weighted by atomic mass is 32.2. The molecule has 0 aromatic heterocycles. The number of carbonyl (C=O) groups is 1. The fraction of sp³-hybridized carbons (Fsp3) is 0.417. The van der Waals surface area contributed by atoms with Crippen LogP contribution in [0.3, 0.4) is 0 Å². The molecule has 3 N–H and O–H groups in total. The smallest absolute Gasteiger partial charge is 0.339 e. The van der Waals surface area contributed by atoms with Crippen LogP contribution in [0.5, 0.6) is 0 Å². The Hall–Kier alpha value is -1.64. The van der Waals surface area contributed by atoms with Crippen LogP contribution in [0.15, 0.2) is 23.1 Å². The summed E-state index contributed by atoms with van der Waals surface area (Å²) >= 11 is 0.